The van der Waals surface area contributed by atoms with Gasteiger partial charge in [-0.3, -0.25) is 0 Å². The van der Waals surface area contributed by atoms with Crippen LogP contribution in [0.2, 0.25) is 5.02 Å². The molecule has 0 aliphatic carbocycles. The molecule has 0 aliphatic rings. The van der Waals surface area contributed by atoms with Crippen molar-refractivity contribution in [3.8, 4) is 11.8 Å². The summed E-state index contributed by atoms with van der Waals surface area (Å²) in [5.74, 6) is 5.85. The van der Waals surface area contributed by atoms with Crippen LogP contribution in [0.4, 0.5) is 5.69 Å². The van der Waals surface area contributed by atoms with Crippen molar-refractivity contribution < 1.29 is 0 Å². The molecular weight excluding hydrogens is 196 g/mol. The lowest BCUT2D eigenvalue weighted by Gasteiger charge is -2.07. The second-order valence-corrected chi connectivity index (χ2v) is 4.12. The summed E-state index contributed by atoms with van der Waals surface area (Å²) in [5.41, 5.74) is 12.2. The molecule has 0 fully saturated rings. The van der Waals surface area contributed by atoms with Crippen LogP contribution in [0.5, 0.6) is 0 Å². The molecule has 0 atom stereocenters. The number of benzene rings is 1. The maximum atomic E-state index is 5.84. The maximum absolute atomic E-state index is 5.84. The van der Waals surface area contributed by atoms with Gasteiger partial charge in [0.1, 0.15) is 0 Å². The Hall–Kier alpha value is -1.17. The molecule has 0 saturated carbocycles. The SMILES string of the molecule is CC(C)(N)C#Cc1ccc(N)c(Cl)c1. The van der Waals surface area contributed by atoms with E-state index in [1.54, 1.807) is 12.1 Å². The quantitative estimate of drug-likeness (QED) is 0.506. The summed E-state index contributed by atoms with van der Waals surface area (Å²) in [4.78, 5) is 0. The first-order valence-electron chi connectivity index (χ1n) is 4.25. The van der Waals surface area contributed by atoms with Gasteiger partial charge in [0.25, 0.3) is 0 Å². The lowest BCUT2D eigenvalue weighted by atomic mass is 10.1. The third-order valence-electron chi connectivity index (χ3n) is 1.53. The van der Waals surface area contributed by atoms with E-state index in [0.717, 1.165) is 5.56 Å². The molecule has 1 aromatic carbocycles. The number of hydrogen-bond donors (Lipinski definition) is 2. The molecule has 1 rings (SSSR count). The van der Waals surface area contributed by atoms with Gasteiger partial charge in [0, 0.05) is 5.56 Å². The van der Waals surface area contributed by atoms with Gasteiger partial charge in [-0.05, 0) is 32.0 Å². The highest BCUT2D eigenvalue weighted by Gasteiger charge is 2.03. The third kappa shape index (κ3) is 3.29. The Kier molecular flexibility index (Phi) is 3.05. The number of nitrogens with two attached hydrogens (primary N) is 2. The first kappa shape index (κ1) is 10.9. The van der Waals surface area contributed by atoms with Crippen molar-refractivity contribution in [2.45, 2.75) is 19.4 Å². The molecule has 0 amide bonds. The molecule has 2 nitrogen and oxygen atoms in total. The van der Waals surface area contributed by atoms with Gasteiger partial charge in [-0.15, -0.1) is 0 Å². The Balaban J connectivity index is 2.98. The summed E-state index contributed by atoms with van der Waals surface area (Å²) in [7, 11) is 0. The summed E-state index contributed by atoms with van der Waals surface area (Å²) in [5, 5.41) is 0.520. The van der Waals surface area contributed by atoms with E-state index < -0.39 is 5.54 Å². The summed E-state index contributed by atoms with van der Waals surface area (Å²) in [6.07, 6.45) is 0. The minimum Gasteiger partial charge on any atom is -0.398 e. The average molecular weight is 209 g/mol. The zero-order valence-electron chi connectivity index (χ0n) is 8.26. The van der Waals surface area contributed by atoms with Gasteiger partial charge in [-0.25, -0.2) is 0 Å². The van der Waals surface area contributed by atoms with Crippen molar-refractivity contribution in [1.82, 2.24) is 0 Å². The van der Waals surface area contributed by atoms with Crippen LogP contribution in [0.3, 0.4) is 0 Å². The van der Waals surface area contributed by atoms with Crippen LogP contribution in [0, 0.1) is 11.8 Å². The van der Waals surface area contributed by atoms with Crippen LogP contribution in [-0.4, -0.2) is 5.54 Å². The Morgan fingerprint density at radius 1 is 1.36 bits per heavy atom. The molecule has 0 heterocycles. The van der Waals surface area contributed by atoms with Gasteiger partial charge < -0.3 is 11.5 Å². The lowest BCUT2D eigenvalue weighted by Crippen LogP contribution is -2.29. The van der Waals surface area contributed by atoms with Gasteiger partial charge in [0.2, 0.25) is 0 Å². The van der Waals surface area contributed by atoms with Crippen molar-refractivity contribution in [2.24, 2.45) is 5.73 Å². The maximum Gasteiger partial charge on any atom is 0.0722 e. The first-order valence-corrected chi connectivity index (χ1v) is 4.63. The minimum atomic E-state index is -0.492. The molecule has 0 spiro atoms. The fraction of sp³-hybridized carbons (Fsp3) is 0.273. The Bertz CT molecular complexity index is 394. The first-order chi connectivity index (χ1) is 6.38. The van der Waals surface area contributed by atoms with Gasteiger partial charge in [-0.1, -0.05) is 23.4 Å². The summed E-state index contributed by atoms with van der Waals surface area (Å²) in [6, 6.07) is 5.28. The second kappa shape index (κ2) is 3.91. The molecule has 0 aromatic heterocycles. The molecule has 0 radical (unpaired) electrons. The van der Waals surface area contributed by atoms with E-state index in [-0.39, 0.29) is 0 Å². The summed E-state index contributed by atoms with van der Waals surface area (Å²) < 4.78 is 0. The van der Waals surface area contributed by atoms with Crippen LogP contribution < -0.4 is 11.5 Å². The molecule has 14 heavy (non-hydrogen) atoms. The van der Waals surface area contributed by atoms with Crippen LogP contribution in [0.1, 0.15) is 19.4 Å². The highest BCUT2D eigenvalue weighted by molar-refractivity contribution is 6.33. The number of anilines is 1. The van der Waals surface area contributed by atoms with Crippen LogP contribution >= 0.6 is 11.6 Å². The van der Waals surface area contributed by atoms with Crippen molar-refractivity contribution in [1.29, 1.82) is 0 Å². The minimum absolute atomic E-state index is 0.492. The number of nitrogen functional groups attached to an aromatic ring is 1. The lowest BCUT2D eigenvalue weighted by molar-refractivity contribution is 0.680. The third-order valence-corrected chi connectivity index (χ3v) is 1.86. The van der Waals surface area contributed by atoms with E-state index in [2.05, 4.69) is 11.8 Å². The smallest absolute Gasteiger partial charge is 0.0722 e. The normalized spacial score (nSPS) is 10.6. The predicted octanol–water partition coefficient (Wildman–Crippen LogP) is 2.01. The van der Waals surface area contributed by atoms with E-state index in [4.69, 9.17) is 23.1 Å². The highest BCUT2D eigenvalue weighted by Crippen LogP contribution is 2.18. The number of rotatable bonds is 0. The molecule has 0 unspecified atom stereocenters. The Labute approximate surface area is 89.2 Å². The summed E-state index contributed by atoms with van der Waals surface area (Å²) in [6.45, 7) is 3.69. The van der Waals surface area contributed by atoms with E-state index >= 15 is 0 Å². The zero-order chi connectivity index (χ0) is 10.8. The van der Waals surface area contributed by atoms with Crippen molar-refractivity contribution in [3.63, 3.8) is 0 Å². The van der Waals surface area contributed by atoms with E-state index in [1.807, 2.05) is 19.9 Å². The fourth-order valence-corrected chi connectivity index (χ4v) is 1.02. The number of hydrogen-bond acceptors (Lipinski definition) is 2. The molecule has 4 N–H and O–H groups in total. The molecule has 0 saturated heterocycles. The van der Waals surface area contributed by atoms with Crippen molar-refractivity contribution in [2.75, 3.05) is 5.73 Å². The van der Waals surface area contributed by atoms with E-state index in [0.29, 0.717) is 10.7 Å². The average Bonchev–Trinajstić information content (AvgIpc) is 2.06. The fourth-order valence-electron chi connectivity index (χ4n) is 0.838. The van der Waals surface area contributed by atoms with Gasteiger partial charge in [-0.2, -0.15) is 0 Å². The van der Waals surface area contributed by atoms with Crippen molar-refractivity contribution >= 4 is 17.3 Å². The van der Waals surface area contributed by atoms with Crippen LogP contribution in [0.15, 0.2) is 18.2 Å². The second-order valence-electron chi connectivity index (χ2n) is 3.71. The van der Waals surface area contributed by atoms with E-state index in [1.165, 1.54) is 0 Å². The molecule has 1 aromatic rings. The Morgan fingerprint density at radius 2 is 2.00 bits per heavy atom. The molecule has 0 bridgehead atoms. The van der Waals surface area contributed by atoms with Gasteiger partial charge in [0.05, 0.1) is 16.2 Å². The molecule has 74 valence electrons. The Morgan fingerprint density at radius 3 is 2.50 bits per heavy atom. The molecule has 3 heteroatoms. The van der Waals surface area contributed by atoms with Crippen LogP contribution in [0.25, 0.3) is 0 Å². The monoisotopic (exact) mass is 208 g/mol. The van der Waals surface area contributed by atoms with Crippen LogP contribution in [-0.2, 0) is 0 Å². The summed E-state index contributed by atoms with van der Waals surface area (Å²) >= 11 is 5.84. The number of halogens is 1. The topological polar surface area (TPSA) is 52.0 Å². The van der Waals surface area contributed by atoms with Crippen molar-refractivity contribution in [3.05, 3.63) is 28.8 Å². The standard InChI is InChI=1S/C11H13ClN2/c1-11(2,14)6-5-8-3-4-10(13)9(12)7-8/h3-4,7H,13-14H2,1-2H3. The van der Waals surface area contributed by atoms with Gasteiger partial charge >= 0.3 is 0 Å². The van der Waals surface area contributed by atoms with Gasteiger partial charge in [0.15, 0.2) is 0 Å². The van der Waals surface area contributed by atoms with E-state index in [9.17, 15) is 0 Å². The highest BCUT2D eigenvalue weighted by atomic mass is 35.5. The predicted molar refractivity (Wildman–Crippen MR) is 61.0 cm³/mol. The largest absolute Gasteiger partial charge is 0.398 e. The zero-order valence-corrected chi connectivity index (χ0v) is 9.02. The molecular formula is C11H13ClN2. The molecule has 0 aliphatic heterocycles.